The molecule has 2 N–H and O–H groups in total. The summed E-state index contributed by atoms with van der Waals surface area (Å²) < 4.78 is 50.7. The van der Waals surface area contributed by atoms with Gasteiger partial charge in [-0.25, -0.2) is 9.97 Å². The van der Waals surface area contributed by atoms with Crippen LogP contribution in [0.1, 0.15) is 41.0 Å². The largest absolute Gasteiger partial charge is 0.471 e. The van der Waals surface area contributed by atoms with Crippen molar-refractivity contribution in [2.45, 2.75) is 52.8 Å². The number of amides is 1. The van der Waals surface area contributed by atoms with Gasteiger partial charge in [0.25, 0.3) is 0 Å². The number of imidazole rings is 1. The monoisotopic (exact) mass is 477 g/mol. The van der Waals surface area contributed by atoms with Crippen LogP contribution in [0.3, 0.4) is 0 Å². The number of carbonyl (C=O) groups is 1. The molecule has 0 spiro atoms. The second kappa shape index (κ2) is 8.07. The van der Waals surface area contributed by atoms with Crippen LogP contribution < -0.4 is 20.1 Å². The summed E-state index contributed by atoms with van der Waals surface area (Å²) in [5.41, 5.74) is 1.28. The second-order valence-corrected chi connectivity index (χ2v) is 10.1. The molecule has 0 unspecified atom stereocenters. The number of ether oxygens (including phenoxy) is 2. The fraction of sp³-hybridized carbons (Fsp3) is 0.435. The Morgan fingerprint density at radius 3 is 2.50 bits per heavy atom. The normalized spacial score (nSPS) is 13.9. The molecule has 3 heterocycles. The Bertz CT molecular complexity index is 1250. The van der Waals surface area contributed by atoms with E-state index in [1.54, 1.807) is 21.9 Å². The highest BCUT2D eigenvalue weighted by Gasteiger charge is 2.39. The van der Waals surface area contributed by atoms with Crippen LogP contribution in [0.5, 0.6) is 11.5 Å². The van der Waals surface area contributed by atoms with Crippen molar-refractivity contribution in [3.63, 3.8) is 0 Å². The Morgan fingerprint density at radius 1 is 1.12 bits per heavy atom. The number of fused-ring (bicyclic) bond motifs is 2. The predicted octanol–water partition coefficient (Wildman–Crippen LogP) is 5.25. The van der Waals surface area contributed by atoms with E-state index in [0.29, 0.717) is 28.7 Å². The first kappa shape index (κ1) is 23.7. The van der Waals surface area contributed by atoms with Gasteiger partial charge in [-0.3, -0.25) is 9.20 Å². The van der Waals surface area contributed by atoms with Gasteiger partial charge in [-0.05, 0) is 43.9 Å². The standard InChI is InChI=1S/C23H26F3N5O3/c1-21(2,3)11-22(4,5)30-19-18(13-6-7-14-15(8-13)34-12-33-14)29-17-9-27-16(10-31(17)19)28-20(32)23(24,25)26/h6-10,30H,11-12H2,1-5H3,(H,28,32). The molecule has 0 fully saturated rings. The second-order valence-electron chi connectivity index (χ2n) is 10.1. The smallest absolute Gasteiger partial charge is 0.454 e. The molecule has 182 valence electrons. The highest BCUT2D eigenvalue weighted by molar-refractivity contribution is 5.94. The number of aromatic nitrogens is 3. The average molecular weight is 477 g/mol. The van der Waals surface area contributed by atoms with Crippen LogP contribution >= 0.6 is 0 Å². The van der Waals surface area contributed by atoms with Gasteiger partial charge in [-0.1, -0.05) is 20.8 Å². The van der Waals surface area contributed by atoms with Gasteiger partial charge in [0.2, 0.25) is 6.79 Å². The predicted molar refractivity (Wildman–Crippen MR) is 121 cm³/mol. The summed E-state index contributed by atoms with van der Waals surface area (Å²) in [5.74, 6) is -0.605. The Kier molecular flexibility index (Phi) is 5.61. The molecule has 3 aromatic rings. The number of alkyl halides is 3. The lowest BCUT2D eigenvalue weighted by Crippen LogP contribution is -2.36. The van der Waals surface area contributed by atoms with Crippen molar-refractivity contribution in [1.82, 2.24) is 14.4 Å². The molecule has 2 aromatic heterocycles. The Labute approximate surface area is 194 Å². The van der Waals surface area contributed by atoms with E-state index in [1.807, 2.05) is 19.9 Å². The van der Waals surface area contributed by atoms with E-state index >= 15 is 0 Å². The van der Waals surface area contributed by atoms with E-state index in [2.05, 4.69) is 36.1 Å². The first-order chi connectivity index (χ1) is 15.7. The van der Waals surface area contributed by atoms with E-state index in [0.717, 1.165) is 12.0 Å². The van der Waals surface area contributed by atoms with Gasteiger partial charge in [-0.2, -0.15) is 13.2 Å². The summed E-state index contributed by atoms with van der Waals surface area (Å²) in [6.07, 6.45) is -1.61. The number of halogens is 3. The summed E-state index contributed by atoms with van der Waals surface area (Å²) in [6, 6.07) is 5.40. The number of nitrogens with one attached hydrogen (secondary N) is 2. The van der Waals surface area contributed by atoms with Crippen molar-refractivity contribution in [1.29, 1.82) is 0 Å². The maximum absolute atomic E-state index is 12.7. The van der Waals surface area contributed by atoms with Gasteiger partial charge in [0, 0.05) is 11.1 Å². The third-order valence-corrected chi connectivity index (χ3v) is 5.08. The van der Waals surface area contributed by atoms with Crippen molar-refractivity contribution in [3.05, 3.63) is 30.6 Å². The van der Waals surface area contributed by atoms with Gasteiger partial charge in [-0.15, -0.1) is 0 Å². The molecular weight excluding hydrogens is 451 g/mol. The number of carbonyl (C=O) groups excluding carboxylic acids is 1. The summed E-state index contributed by atoms with van der Waals surface area (Å²) in [7, 11) is 0. The molecule has 11 heteroatoms. The van der Waals surface area contributed by atoms with Crippen LogP contribution in [0.25, 0.3) is 16.9 Å². The molecule has 1 aliphatic rings. The van der Waals surface area contributed by atoms with Crippen LogP contribution in [0.2, 0.25) is 0 Å². The van der Waals surface area contributed by atoms with Crippen LogP contribution in [-0.4, -0.2) is 38.8 Å². The van der Waals surface area contributed by atoms with Gasteiger partial charge < -0.3 is 20.1 Å². The van der Waals surface area contributed by atoms with Crippen LogP contribution in [0, 0.1) is 5.41 Å². The van der Waals surface area contributed by atoms with Gasteiger partial charge in [0.1, 0.15) is 17.3 Å². The van der Waals surface area contributed by atoms with Crippen molar-refractivity contribution < 1.29 is 27.4 Å². The molecule has 0 saturated carbocycles. The number of rotatable bonds is 5. The highest BCUT2D eigenvalue weighted by Crippen LogP contribution is 2.39. The Hall–Kier alpha value is -3.50. The zero-order valence-corrected chi connectivity index (χ0v) is 19.5. The van der Waals surface area contributed by atoms with Crippen LogP contribution in [0.15, 0.2) is 30.6 Å². The van der Waals surface area contributed by atoms with E-state index in [1.165, 1.54) is 12.4 Å². The minimum atomic E-state index is -5.03. The highest BCUT2D eigenvalue weighted by atomic mass is 19.4. The molecule has 0 aliphatic carbocycles. The lowest BCUT2D eigenvalue weighted by molar-refractivity contribution is -0.167. The van der Waals surface area contributed by atoms with Crippen molar-refractivity contribution in [2.75, 3.05) is 17.4 Å². The van der Waals surface area contributed by atoms with E-state index in [-0.39, 0.29) is 18.0 Å². The topological polar surface area (TPSA) is 89.8 Å². The molecule has 0 bridgehead atoms. The zero-order chi connectivity index (χ0) is 24.9. The Morgan fingerprint density at radius 2 is 1.82 bits per heavy atom. The van der Waals surface area contributed by atoms with Crippen molar-refractivity contribution in [2.24, 2.45) is 5.41 Å². The third kappa shape index (κ3) is 5.02. The first-order valence-electron chi connectivity index (χ1n) is 10.7. The van der Waals surface area contributed by atoms with Gasteiger partial charge >= 0.3 is 12.1 Å². The minimum absolute atomic E-state index is 0.00328. The molecule has 4 rings (SSSR count). The van der Waals surface area contributed by atoms with Gasteiger partial charge in [0.15, 0.2) is 17.1 Å². The molecule has 34 heavy (non-hydrogen) atoms. The molecule has 1 amide bonds. The summed E-state index contributed by atoms with van der Waals surface area (Å²) in [6.45, 7) is 10.6. The number of hydrogen-bond donors (Lipinski definition) is 2. The first-order valence-corrected chi connectivity index (χ1v) is 10.7. The fourth-order valence-corrected chi connectivity index (χ4v) is 4.26. The van der Waals surface area contributed by atoms with E-state index in [4.69, 9.17) is 9.47 Å². The SMILES string of the molecule is CC(C)(C)CC(C)(C)Nc1c(-c2ccc3c(c2)OCO3)nc2cnc(NC(=O)C(F)(F)F)cn12. The minimum Gasteiger partial charge on any atom is -0.454 e. The lowest BCUT2D eigenvalue weighted by atomic mass is 9.82. The Balaban J connectivity index is 1.82. The van der Waals surface area contributed by atoms with Crippen molar-refractivity contribution >= 4 is 23.2 Å². The molecule has 8 nitrogen and oxygen atoms in total. The summed E-state index contributed by atoms with van der Waals surface area (Å²) in [5, 5.41) is 5.31. The molecule has 0 saturated heterocycles. The molecule has 1 aromatic carbocycles. The zero-order valence-electron chi connectivity index (χ0n) is 19.5. The summed E-state index contributed by atoms with van der Waals surface area (Å²) in [4.78, 5) is 20.0. The van der Waals surface area contributed by atoms with Crippen molar-refractivity contribution in [3.8, 4) is 22.8 Å². The molecule has 0 atom stereocenters. The number of hydrogen-bond acceptors (Lipinski definition) is 6. The molecule has 1 aliphatic heterocycles. The number of anilines is 2. The van der Waals surface area contributed by atoms with Crippen LogP contribution in [0.4, 0.5) is 24.8 Å². The summed E-state index contributed by atoms with van der Waals surface area (Å²) >= 11 is 0. The maximum atomic E-state index is 12.7. The fourth-order valence-electron chi connectivity index (χ4n) is 4.26. The van der Waals surface area contributed by atoms with E-state index < -0.39 is 17.6 Å². The molecule has 0 radical (unpaired) electrons. The van der Waals surface area contributed by atoms with Crippen LogP contribution in [-0.2, 0) is 4.79 Å². The average Bonchev–Trinajstić information content (AvgIpc) is 3.29. The lowest BCUT2D eigenvalue weighted by Gasteiger charge is -2.34. The van der Waals surface area contributed by atoms with E-state index in [9.17, 15) is 18.0 Å². The van der Waals surface area contributed by atoms with Gasteiger partial charge in [0.05, 0.1) is 12.4 Å². The quantitative estimate of drug-likeness (QED) is 0.522. The third-order valence-electron chi connectivity index (χ3n) is 5.08. The number of nitrogens with zero attached hydrogens (tertiary/aromatic N) is 3. The maximum Gasteiger partial charge on any atom is 0.471 e. The molecular formula is C23H26F3N5O3. The number of benzene rings is 1.